The van der Waals surface area contributed by atoms with Crippen LogP contribution >= 0.6 is 0 Å². The normalized spacial score (nSPS) is 17.6. The highest BCUT2D eigenvalue weighted by Gasteiger charge is 2.26. The zero-order valence-corrected chi connectivity index (χ0v) is 14.0. The Morgan fingerprint density at radius 1 is 1.38 bits per heavy atom. The van der Waals surface area contributed by atoms with E-state index in [0.29, 0.717) is 17.3 Å². The van der Waals surface area contributed by atoms with Crippen LogP contribution in [0.25, 0.3) is 0 Å². The lowest BCUT2D eigenvalue weighted by Gasteiger charge is -2.32. The van der Waals surface area contributed by atoms with Crippen molar-refractivity contribution in [3.63, 3.8) is 0 Å². The van der Waals surface area contributed by atoms with Crippen LogP contribution in [0.3, 0.4) is 0 Å². The van der Waals surface area contributed by atoms with Crippen LogP contribution in [-0.2, 0) is 6.61 Å². The molecule has 128 valence electrons. The maximum atomic E-state index is 12.5. The van der Waals surface area contributed by atoms with Crippen LogP contribution in [-0.4, -0.2) is 35.5 Å². The number of likely N-dealkylation sites (tertiary alicyclic amines) is 1. The van der Waals surface area contributed by atoms with Crippen molar-refractivity contribution in [2.45, 2.75) is 38.8 Å². The largest absolute Gasteiger partial charge is 0.497 e. The first-order chi connectivity index (χ1) is 11.7. The molecule has 3 rings (SSSR count). The van der Waals surface area contributed by atoms with Crippen molar-refractivity contribution < 1.29 is 18.7 Å². The van der Waals surface area contributed by atoms with Crippen LogP contribution in [0.2, 0.25) is 0 Å². The fraction of sp³-hybridized carbons (Fsp3) is 0.444. The van der Waals surface area contributed by atoms with Crippen molar-refractivity contribution in [1.29, 1.82) is 0 Å². The van der Waals surface area contributed by atoms with E-state index in [4.69, 9.17) is 13.9 Å². The van der Waals surface area contributed by atoms with Gasteiger partial charge < -0.3 is 18.8 Å². The summed E-state index contributed by atoms with van der Waals surface area (Å²) in [5.41, 5.74) is 0.341. The molecule has 1 aromatic heterocycles. The molecule has 2 aromatic rings. The Hall–Kier alpha value is -2.50. The van der Waals surface area contributed by atoms with Gasteiger partial charge in [-0.1, -0.05) is 6.07 Å². The highest BCUT2D eigenvalue weighted by atomic mass is 16.5. The summed E-state index contributed by atoms with van der Waals surface area (Å²) < 4.78 is 16.2. The molecule has 6 nitrogen and oxygen atoms in total. The summed E-state index contributed by atoms with van der Waals surface area (Å²) in [6, 6.07) is 7.54. The second-order valence-corrected chi connectivity index (χ2v) is 5.94. The number of rotatable bonds is 5. The molecule has 1 aliphatic rings. The number of hydrogen-bond acceptors (Lipinski definition) is 5. The summed E-state index contributed by atoms with van der Waals surface area (Å²) >= 11 is 0. The summed E-state index contributed by atoms with van der Waals surface area (Å²) in [6.45, 7) is 3.02. The van der Waals surface area contributed by atoms with Crippen molar-refractivity contribution in [1.82, 2.24) is 9.88 Å². The Balaban J connectivity index is 1.61. The average molecular weight is 330 g/mol. The highest BCUT2D eigenvalue weighted by molar-refractivity contribution is 5.92. The molecule has 1 amide bonds. The fourth-order valence-corrected chi connectivity index (χ4v) is 2.86. The molecule has 1 aliphatic heterocycles. The molecular weight excluding hydrogens is 308 g/mol. The number of piperidine rings is 1. The molecular formula is C18H22N2O4. The second-order valence-electron chi connectivity index (χ2n) is 5.94. The van der Waals surface area contributed by atoms with E-state index in [-0.39, 0.29) is 18.6 Å². The topological polar surface area (TPSA) is 64.8 Å². The minimum atomic E-state index is -0.0708. The Kier molecular flexibility index (Phi) is 5.03. The second kappa shape index (κ2) is 7.38. The standard InChI is InChI=1S/C18H22N2O4/c1-13-6-3-4-9-20(13)18(21)16-11-24-17(19-16)12-23-15-8-5-7-14(10-15)22-2/h5,7-8,10-11,13H,3-4,6,9,12H2,1-2H3/t13-/m0/s1. The number of oxazole rings is 1. The van der Waals surface area contributed by atoms with Crippen molar-refractivity contribution in [3.05, 3.63) is 42.1 Å². The van der Waals surface area contributed by atoms with E-state index in [0.717, 1.165) is 25.1 Å². The van der Waals surface area contributed by atoms with E-state index in [1.165, 1.54) is 12.7 Å². The Bertz CT molecular complexity index is 698. The zero-order chi connectivity index (χ0) is 16.9. The number of carbonyl (C=O) groups excluding carboxylic acids is 1. The maximum Gasteiger partial charge on any atom is 0.276 e. The lowest BCUT2D eigenvalue weighted by atomic mass is 10.0. The monoisotopic (exact) mass is 330 g/mol. The van der Waals surface area contributed by atoms with Gasteiger partial charge in [-0.25, -0.2) is 4.98 Å². The van der Waals surface area contributed by atoms with Gasteiger partial charge in [-0.15, -0.1) is 0 Å². The van der Waals surface area contributed by atoms with Gasteiger partial charge >= 0.3 is 0 Å². The first-order valence-electron chi connectivity index (χ1n) is 8.19. The summed E-state index contributed by atoms with van der Waals surface area (Å²) in [5.74, 6) is 1.68. The van der Waals surface area contributed by atoms with Crippen molar-refractivity contribution in [2.75, 3.05) is 13.7 Å². The Morgan fingerprint density at radius 3 is 3.00 bits per heavy atom. The molecule has 0 bridgehead atoms. The number of ether oxygens (including phenoxy) is 2. The molecule has 0 saturated carbocycles. The summed E-state index contributed by atoms with van der Waals surface area (Å²) in [6.07, 6.45) is 4.66. The molecule has 0 radical (unpaired) electrons. The number of amides is 1. The van der Waals surface area contributed by atoms with Gasteiger partial charge in [0.25, 0.3) is 5.91 Å². The number of hydrogen-bond donors (Lipinski definition) is 0. The SMILES string of the molecule is COc1cccc(OCc2nc(C(=O)N3CCCC[C@@H]3C)co2)c1. The molecule has 1 saturated heterocycles. The number of methoxy groups -OCH3 is 1. The van der Waals surface area contributed by atoms with E-state index in [1.54, 1.807) is 13.2 Å². The maximum absolute atomic E-state index is 12.5. The van der Waals surface area contributed by atoms with E-state index in [9.17, 15) is 4.79 Å². The molecule has 1 atom stereocenters. The van der Waals surface area contributed by atoms with Gasteiger partial charge in [0.15, 0.2) is 12.3 Å². The van der Waals surface area contributed by atoms with Crippen molar-refractivity contribution in [3.8, 4) is 11.5 Å². The number of nitrogens with zero attached hydrogens (tertiary/aromatic N) is 2. The Labute approximate surface area is 141 Å². The first kappa shape index (κ1) is 16.4. The summed E-state index contributed by atoms with van der Waals surface area (Å²) in [4.78, 5) is 18.7. The van der Waals surface area contributed by atoms with Gasteiger partial charge in [-0.05, 0) is 38.3 Å². The van der Waals surface area contributed by atoms with Crippen LogP contribution in [0, 0.1) is 0 Å². The molecule has 6 heteroatoms. The van der Waals surface area contributed by atoms with Gasteiger partial charge in [-0.2, -0.15) is 0 Å². The molecule has 0 N–H and O–H groups in total. The van der Waals surface area contributed by atoms with Crippen molar-refractivity contribution >= 4 is 5.91 Å². The van der Waals surface area contributed by atoms with Gasteiger partial charge in [-0.3, -0.25) is 4.79 Å². The van der Waals surface area contributed by atoms with Crippen LogP contribution in [0.5, 0.6) is 11.5 Å². The fourth-order valence-electron chi connectivity index (χ4n) is 2.86. The minimum absolute atomic E-state index is 0.0708. The third-order valence-corrected chi connectivity index (χ3v) is 4.24. The van der Waals surface area contributed by atoms with Crippen molar-refractivity contribution in [2.24, 2.45) is 0 Å². The summed E-state index contributed by atoms with van der Waals surface area (Å²) in [5, 5.41) is 0. The molecule has 0 aliphatic carbocycles. The molecule has 1 aromatic carbocycles. The van der Waals surface area contributed by atoms with E-state index >= 15 is 0 Å². The quantitative estimate of drug-likeness (QED) is 0.842. The summed E-state index contributed by atoms with van der Waals surface area (Å²) in [7, 11) is 1.60. The van der Waals surface area contributed by atoms with Crippen LogP contribution in [0.15, 0.2) is 34.9 Å². The molecule has 0 spiro atoms. The predicted octanol–water partition coefficient (Wildman–Crippen LogP) is 3.28. The van der Waals surface area contributed by atoms with Gasteiger partial charge in [0.1, 0.15) is 17.8 Å². The lowest BCUT2D eigenvalue weighted by Crippen LogP contribution is -2.42. The van der Waals surface area contributed by atoms with E-state index in [2.05, 4.69) is 11.9 Å². The third-order valence-electron chi connectivity index (χ3n) is 4.24. The first-order valence-corrected chi connectivity index (χ1v) is 8.19. The Morgan fingerprint density at radius 2 is 2.21 bits per heavy atom. The highest BCUT2D eigenvalue weighted by Crippen LogP contribution is 2.21. The zero-order valence-electron chi connectivity index (χ0n) is 14.0. The number of benzene rings is 1. The van der Waals surface area contributed by atoms with E-state index < -0.39 is 0 Å². The number of carbonyl (C=O) groups is 1. The average Bonchev–Trinajstić information content (AvgIpc) is 3.09. The lowest BCUT2D eigenvalue weighted by molar-refractivity contribution is 0.0629. The molecule has 24 heavy (non-hydrogen) atoms. The van der Waals surface area contributed by atoms with Gasteiger partial charge in [0, 0.05) is 18.7 Å². The van der Waals surface area contributed by atoms with Crippen LogP contribution in [0.4, 0.5) is 0 Å². The smallest absolute Gasteiger partial charge is 0.276 e. The predicted molar refractivity (Wildman–Crippen MR) is 88.2 cm³/mol. The van der Waals surface area contributed by atoms with Crippen LogP contribution < -0.4 is 9.47 Å². The molecule has 1 fully saturated rings. The minimum Gasteiger partial charge on any atom is -0.497 e. The van der Waals surface area contributed by atoms with Gasteiger partial charge in [0.05, 0.1) is 7.11 Å². The molecule has 0 unspecified atom stereocenters. The molecule has 2 heterocycles. The van der Waals surface area contributed by atoms with E-state index in [1.807, 2.05) is 23.1 Å². The number of aromatic nitrogens is 1. The van der Waals surface area contributed by atoms with Crippen LogP contribution in [0.1, 0.15) is 42.6 Å². The van der Waals surface area contributed by atoms with Gasteiger partial charge in [0.2, 0.25) is 5.89 Å². The third kappa shape index (κ3) is 3.69.